The molecule has 0 radical (unpaired) electrons. The molecule has 63 heavy (non-hydrogen) atoms. The third-order valence-corrected chi connectivity index (χ3v) is 17.4. The molecule has 16 nitrogen and oxygen atoms in total. The van der Waals surface area contributed by atoms with E-state index in [1.807, 2.05) is 61.0 Å². The number of nitrogens with two attached hydrogens (primary N) is 1. The Labute approximate surface area is 397 Å². The first-order chi connectivity index (χ1) is 29.5. The van der Waals surface area contributed by atoms with Crippen LogP contribution in [-0.4, -0.2) is 170 Å². The standard InChI is InChI=1S/C19H28ClN7O2S.C17H26ClN3O2S.C4H8N2S2.ClH/c1-30(28,29)26-10-11-27(17(13-26)12-14-2-4-15(20)5-3-14)16-6-8-25(9-7-16)19-22-18(21)23-24-19;1-24(22,23)20-10-11-21(16-6-8-19-9-7-16)17(13-20)12-14-2-4-15(18)5-3-14;1-7-4-8(2)6-3-5;/h2-5,16-17H,6-13H2,1H3,(H3,21,22,23,24);2-5,16-17,19H,6-13H2,1H3;4H2,1-2H3;1H. The van der Waals surface area contributed by atoms with E-state index in [0.717, 1.165) is 87.9 Å². The second-order valence-corrected chi connectivity index (χ2v) is 23.8. The topological polar surface area (TPSA) is 200 Å². The number of hydrogen-bond acceptors (Lipinski definition) is 14. The van der Waals surface area contributed by atoms with Gasteiger partial charge in [0, 0.05) is 86.6 Å². The average Bonchev–Trinajstić information content (AvgIpc) is 3.69. The van der Waals surface area contributed by atoms with Gasteiger partial charge in [-0.2, -0.15) is 35.0 Å². The van der Waals surface area contributed by atoms with Crippen LogP contribution < -0.4 is 16.0 Å². The predicted molar refractivity (Wildman–Crippen MR) is 263 cm³/mol. The Morgan fingerprint density at radius 2 is 1.27 bits per heavy atom. The summed E-state index contributed by atoms with van der Waals surface area (Å²) in [6.07, 6.45) is 14.2. The lowest BCUT2D eigenvalue weighted by Gasteiger charge is -2.47. The van der Waals surface area contributed by atoms with Crippen molar-refractivity contribution in [2.75, 3.05) is 106 Å². The summed E-state index contributed by atoms with van der Waals surface area (Å²) in [5.74, 6) is 0.970. The molecule has 352 valence electrons. The zero-order valence-corrected chi connectivity index (χ0v) is 42.1. The Kier molecular flexibility index (Phi) is 21.7. The average molecular weight is 1010 g/mol. The molecule has 0 spiro atoms. The van der Waals surface area contributed by atoms with E-state index in [1.165, 1.54) is 23.6 Å². The fourth-order valence-corrected chi connectivity index (χ4v) is 12.3. The van der Waals surface area contributed by atoms with Crippen LogP contribution in [0, 0.1) is 11.5 Å². The van der Waals surface area contributed by atoms with Gasteiger partial charge in [0.15, 0.2) is 0 Å². The van der Waals surface area contributed by atoms with Crippen LogP contribution in [0.1, 0.15) is 36.8 Å². The number of piperidine rings is 2. The van der Waals surface area contributed by atoms with Gasteiger partial charge < -0.3 is 16.0 Å². The molecule has 4 aliphatic rings. The van der Waals surface area contributed by atoms with E-state index in [1.54, 1.807) is 26.6 Å². The van der Waals surface area contributed by atoms with Crippen LogP contribution in [0.5, 0.6) is 0 Å². The minimum atomic E-state index is -3.21. The molecule has 4 fully saturated rings. The van der Waals surface area contributed by atoms with Crippen LogP contribution >= 0.6 is 47.4 Å². The Bertz CT molecular complexity index is 2150. The summed E-state index contributed by atoms with van der Waals surface area (Å²) in [4.78, 5) is 11.4. The molecule has 4 N–H and O–H groups in total. The van der Waals surface area contributed by atoms with Crippen LogP contribution in [-0.2, 0) is 43.6 Å². The van der Waals surface area contributed by atoms with Crippen molar-refractivity contribution in [2.24, 2.45) is 4.36 Å². The van der Waals surface area contributed by atoms with Gasteiger partial charge in [0.05, 0.1) is 17.6 Å². The van der Waals surface area contributed by atoms with Gasteiger partial charge in [0.2, 0.25) is 38.1 Å². The Balaban J connectivity index is 0.000000237. The van der Waals surface area contributed by atoms with Crippen molar-refractivity contribution in [1.82, 2.24) is 38.9 Å². The molecule has 3 atom stereocenters. The molecular formula is C40H63Cl3N12O4S4. The van der Waals surface area contributed by atoms with Gasteiger partial charge in [-0.25, -0.2) is 21.9 Å². The van der Waals surface area contributed by atoms with Gasteiger partial charge >= 0.3 is 0 Å². The summed E-state index contributed by atoms with van der Waals surface area (Å²) in [7, 11) is -6.39. The maximum atomic E-state index is 12.2. The highest BCUT2D eigenvalue weighted by Gasteiger charge is 2.38. The third-order valence-electron chi connectivity index (χ3n) is 11.7. The lowest BCUT2D eigenvalue weighted by atomic mass is 9.96. The van der Waals surface area contributed by atoms with Crippen LogP contribution in [0.3, 0.4) is 0 Å². The summed E-state index contributed by atoms with van der Waals surface area (Å²) in [5.41, 5.74) is 8.02. The first-order valence-corrected chi connectivity index (χ1v) is 28.4. The van der Waals surface area contributed by atoms with E-state index in [0.29, 0.717) is 55.2 Å². The van der Waals surface area contributed by atoms with Crippen LogP contribution in [0.25, 0.3) is 0 Å². The minimum Gasteiger partial charge on any atom is -0.368 e. The number of thioether (sulfide) groups is 1. The van der Waals surface area contributed by atoms with Gasteiger partial charge in [0.25, 0.3) is 0 Å². The molecule has 2 aromatic carbocycles. The molecule has 5 heterocycles. The molecule has 7 rings (SSSR count). The maximum Gasteiger partial charge on any atom is 0.246 e. The van der Waals surface area contributed by atoms with Crippen LogP contribution in [0.15, 0.2) is 52.9 Å². The van der Waals surface area contributed by atoms with E-state index in [-0.39, 0.29) is 35.2 Å². The van der Waals surface area contributed by atoms with Gasteiger partial charge in [-0.3, -0.25) is 9.80 Å². The first-order valence-electron chi connectivity index (χ1n) is 20.8. The number of nitrogen functional groups attached to an aromatic ring is 1. The van der Waals surface area contributed by atoms with Crippen molar-refractivity contribution in [2.45, 2.75) is 62.7 Å². The number of aromatic amines is 1. The second-order valence-electron chi connectivity index (χ2n) is 16.1. The minimum absolute atomic E-state index is 0. The summed E-state index contributed by atoms with van der Waals surface area (Å²) in [5, 5.41) is 20.7. The zero-order chi connectivity index (χ0) is 44.9. The van der Waals surface area contributed by atoms with Crippen molar-refractivity contribution in [3.05, 3.63) is 69.7 Å². The Morgan fingerprint density at radius 1 is 0.810 bits per heavy atom. The van der Waals surface area contributed by atoms with Crippen molar-refractivity contribution in [3.63, 3.8) is 0 Å². The molecule has 4 saturated heterocycles. The molecule has 0 aliphatic carbocycles. The number of aromatic nitrogens is 3. The quantitative estimate of drug-likeness (QED) is 0.229. The highest BCUT2D eigenvalue weighted by molar-refractivity contribution is 8.10. The fourth-order valence-electron chi connectivity index (χ4n) is 8.60. The number of sulfonamides is 2. The number of piperazine rings is 2. The smallest absolute Gasteiger partial charge is 0.246 e. The van der Waals surface area contributed by atoms with Crippen molar-refractivity contribution >= 4 is 90.0 Å². The normalized spacial score (nSPS) is 21.9. The first kappa shape index (κ1) is 53.4. The fraction of sp³-hybridized carbons (Fsp3) is 0.625. The molecule has 3 aromatic rings. The molecular weight excluding hydrogens is 947 g/mol. The zero-order valence-electron chi connectivity index (χ0n) is 36.5. The van der Waals surface area contributed by atoms with Gasteiger partial charge in [-0.05, 0) is 99.5 Å². The number of nitrogens with one attached hydrogen (secondary N) is 2. The van der Waals surface area contributed by atoms with E-state index < -0.39 is 20.0 Å². The number of nitrogens with zero attached hydrogens (tertiary/aromatic N) is 9. The molecule has 4 aliphatic heterocycles. The monoisotopic (exact) mass is 1010 g/mol. The number of hydrogen-bond donors (Lipinski definition) is 3. The highest BCUT2D eigenvalue weighted by atomic mass is 35.5. The second kappa shape index (κ2) is 25.6. The number of H-pyrrole nitrogens is 1. The molecule has 1 aromatic heterocycles. The van der Waals surface area contributed by atoms with Crippen molar-refractivity contribution in [3.8, 4) is 6.19 Å². The summed E-state index contributed by atoms with van der Waals surface area (Å²) >= 11 is 13.7. The van der Waals surface area contributed by atoms with E-state index in [2.05, 4.69) is 39.6 Å². The van der Waals surface area contributed by atoms with Crippen molar-refractivity contribution < 1.29 is 16.8 Å². The molecule has 0 amide bonds. The molecule has 0 bridgehead atoms. The maximum absolute atomic E-state index is 12.2. The predicted octanol–water partition coefficient (Wildman–Crippen LogP) is 4.42. The van der Waals surface area contributed by atoms with Crippen LogP contribution in [0.2, 0.25) is 10.0 Å². The number of anilines is 2. The largest absolute Gasteiger partial charge is 0.368 e. The molecule has 23 heteroatoms. The summed E-state index contributed by atoms with van der Waals surface area (Å²) in [6.45, 7) is 7.57. The van der Waals surface area contributed by atoms with E-state index >= 15 is 0 Å². The van der Waals surface area contributed by atoms with E-state index in [4.69, 9.17) is 34.2 Å². The number of halogens is 3. The Morgan fingerprint density at radius 3 is 1.67 bits per heavy atom. The van der Waals surface area contributed by atoms with Gasteiger partial charge in [0.1, 0.15) is 0 Å². The SMILES string of the molecule is CS(=O)(=O)N1CCN(C2CCN(c3n[nH]c(N)n3)CC2)C(Cc2ccc(Cl)cc2)C1.CS(=O)(=O)N1CCN(C2CCNCC2)C(Cc2ccc(Cl)cc2)C1.CSCS(C)=NC#N.Cl. The van der Waals surface area contributed by atoms with Gasteiger partial charge in [-0.1, -0.05) is 58.2 Å². The lowest BCUT2D eigenvalue weighted by Crippen LogP contribution is -2.60. The number of benzene rings is 2. The summed E-state index contributed by atoms with van der Waals surface area (Å²) < 4.78 is 55.2. The van der Waals surface area contributed by atoms with E-state index in [9.17, 15) is 16.8 Å². The Hall–Kier alpha value is -2.26. The highest BCUT2D eigenvalue weighted by Crippen LogP contribution is 2.27. The third kappa shape index (κ3) is 16.8. The molecule has 0 saturated carbocycles. The number of rotatable bonds is 11. The van der Waals surface area contributed by atoms with Crippen molar-refractivity contribution in [1.29, 1.82) is 5.26 Å². The van der Waals surface area contributed by atoms with Crippen LogP contribution in [0.4, 0.5) is 11.9 Å². The van der Waals surface area contributed by atoms with Gasteiger partial charge in [-0.15, -0.1) is 17.5 Å². The number of nitriles is 1. The molecule has 3 unspecified atom stereocenters. The lowest BCUT2D eigenvalue weighted by molar-refractivity contribution is 0.0587. The summed E-state index contributed by atoms with van der Waals surface area (Å²) in [6, 6.07) is 17.0.